The van der Waals surface area contributed by atoms with Crippen molar-refractivity contribution in [2.75, 3.05) is 6.54 Å². The van der Waals surface area contributed by atoms with Gasteiger partial charge in [-0.2, -0.15) is 0 Å². The Hall–Kier alpha value is -1.70. The van der Waals surface area contributed by atoms with E-state index in [0.717, 1.165) is 16.9 Å². The van der Waals surface area contributed by atoms with Crippen molar-refractivity contribution >= 4 is 32.4 Å². The Bertz CT molecular complexity index is 897. The van der Waals surface area contributed by atoms with E-state index in [-0.39, 0.29) is 6.04 Å². The number of sulfonamides is 1. The second-order valence-corrected chi connectivity index (χ2v) is 8.50. The molecular formula is C16H19N3O2S2. The average Bonchev–Trinajstić information content (AvgIpc) is 3.14. The number of nitrogens with zero attached hydrogens (tertiary/aromatic N) is 2. The normalized spacial score (nSPS) is 12.3. The van der Waals surface area contributed by atoms with E-state index in [1.54, 1.807) is 17.5 Å². The number of rotatable bonds is 6. The minimum absolute atomic E-state index is 0.270. The Morgan fingerprint density at radius 1 is 1.22 bits per heavy atom. The maximum absolute atomic E-state index is 12.1. The molecule has 7 heteroatoms. The third-order valence-electron chi connectivity index (χ3n) is 3.59. The van der Waals surface area contributed by atoms with Gasteiger partial charge in [0.25, 0.3) is 0 Å². The van der Waals surface area contributed by atoms with Gasteiger partial charge >= 0.3 is 0 Å². The summed E-state index contributed by atoms with van der Waals surface area (Å²) >= 11 is 1.22. The van der Waals surface area contributed by atoms with E-state index in [4.69, 9.17) is 0 Å². The molecule has 0 spiro atoms. The summed E-state index contributed by atoms with van der Waals surface area (Å²) in [7, 11) is -3.42. The smallest absolute Gasteiger partial charge is 0.250 e. The predicted octanol–water partition coefficient (Wildman–Crippen LogP) is 3.20. The molecule has 122 valence electrons. The highest BCUT2D eigenvalue weighted by Crippen LogP contribution is 2.21. The Labute approximate surface area is 140 Å². The fourth-order valence-electron chi connectivity index (χ4n) is 2.63. The number of hydrogen-bond acceptors (Lipinski definition) is 4. The molecule has 0 aliphatic heterocycles. The van der Waals surface area contributed by atoms with Crippen LogP contribution >= 0.6 is 11.3 Å². The molecule has 0 atom stereocenters. The third kappa shape index (κ3) is 3.31. The number of para-hydroxylation sites is 2. The number of thiophene rings is 1. The van der Waals surface area contributed by atoms with Crippen LogP contribution in [0.2, 0.25) is 0 Å². The largest absolute Gasteiger partial charge is 0.325 e. The highest BCUT2D eigenvalue weighted by Gasteiger charge is 2.16. The van der Waals surface area contributed by atoms with Gasteiger partial charge in [-0.15, -0.1) is 11.3 Å². The second kappa shape index (κ2) is 6.43. The molecule has 0 aliphatic rings. The monoisotopic (exact) mass is 349 g/mol. The summed E-state index contributed by atoms with van der Waals surface area (Å²) < 4.78 is 29.4. The summed E-state index contributed by atoms with van der Waals surface area (Å²) in [4.78, 5) is 4.65. The first-order chi connectivity index (χ1) is 11.0. The quantitative estimate of drug-likeness (QED) is 0.743. The summed E-state index contributed by atoms with van der Waals surface area (Å²) in [5.41, 5.74) is 2.02. The van der Waals surface area contributed by atoms with Crippen LogP contribution in [0.3, 0.4) is 0 Å². The molecule has 1 aromatic carbocycles. The van der Waals surface area contributed by atoms with Crippen molar-refractivity contribution in [2.24, 2.45) is 0 Å². The van der Waals surface area contributed by atoms with Gasteiger partial charge in [0.15, 0.2) is 0 Å². The number of aromatic nitrogens is 2. The molecule has 2 aromatic heterocycles. The highest BCUT2D eigenvalue weighted by atomic mass is 32.2. The van der Waals surface area contributed by atoms with Crippen LogP contribution in [0.25, 0.3) is 11.0 Å². The fraction of sp³-hybridized carbons (Fsp3) is 0.312. The second-order valence-electron chi connectivity index (χ2n) is 5.56. The third-order valence-corrected chi connectivity index (χ3v) is 6.44. The molecular weight excluding hydrogens is 330 g/mol. The van der Waals surface area contributed by atoms with Crippen molar-refractivity contribution in [1.29, 1.82) is 0 Å². The molecule has 0 unspecified atom stereocenters. The molecule has 0 saturated carbocycles. The fourth-order valence-corrected chi connectivity index (χ4v) is 4.70. The number of hydrogen-bond donors (Lipinski definition) is 1. The van der Waals surface area contributed by atoms with Crippen LogP contribution in [0.1, 0.15) is 25.7 Å². The Morgan fingerprint density at radius 2 is 2.00 bits per heavy atom. The predicted molar refractivity (Wildman–Crippen MR) is 93.3 cm³/mol. The summed E-state index contributed by atoms with van der Waals surface area (Å²) in [6, 6.07) is 11.6. The van der Waals surface area contributed by atoms with Crippen LogP contribution < -0.4 is 4.72 Å². The molecule has 3 rings (SSSR count). The Balaban J connectivity index is 1.79. The molecule has 0 radical (unpaired) electrons. The minimum atomic E-state index is -3.42. The lowest BCUT2D eigenvalue weighted by Crippen LogP contribution is -2.26. The number of fused-ring (bicyclic) bond motifs is 1. The van der Waals surface area contributed by atoms with Crippen LogP contribution in [0.15, 0.2) is 46.0 Å². The molecule has 1 N–H and O–H groups in total. The zero-order chi connectivity index (χ0) is 16.4. The Kier molecular flexibility index (Phi) is 4.52. The maximum Gasteiger partial charge on any atom is 0.250 e. The summed E-state index contributed by atoms with van der Waals surface area (Å²) in [6.45, 7) is 4.54. The van der Waals surface area contributed by atoms with E-state index in [1.807, 2.05) is 24.3 Å². The van der Waals surface area contributed by atoms with Crippen molar-refractivity contribution in [3.05, 3.63) is 47.6 Å². The van der Waals surface area contributed by atoms with E-state index >= 15 is 0 Å². The van der Waals surface area contributed by atoms with Crippen molar-refractivity contribution in [2.45, 2.75) is 30.5 Å². The Morgan fingerprint density at radius 3 is 2.70 bits per heavy atom. The molecule has 0 fully saturated rings. The minimum Gasteiger partial charge on any atom is -0.325 e. The lowest BCUT2D eigenvalue weighted by atomic mass is 10.3. The summed E-state index contributed by atoms with van der Waals surface area (Å²) in [5, 5.41) is 1.76. The van der Waals surface area contributed by atoms with E-state index in [1.165, 1.54) is 11.3 Å². The van der Waals surface area contributed by atoms with Crippen LogP contribution in [-0.4, -0.2) is 24.5 Å². The molecule has 23 heavy (non-hydrogen) atoms. The van der Waals surface area contributed by atoms with E-state index in [9.17, 15) is 8.42 Å². The van der Waals surface area contributed by atoms with Gasteiger partial charge in [-0.25, -0.2) is 18.1 Å². The van der Waals surface area contributed by atoms with Crippen LogP contribution in [-0.2, 0) is 16.4 Å². The SMILES string of the molecule is CC(C)n1c(CCNS(=O)(=O)c2cccs2)nc2ccccc21. The van der Waals surface area contributed by atoms with Gasteiger partial charge in [0, 0.05) is 19.0 Å². The van der Waals surface area contributed by atoms with Crippen LogP contribution in [0.5, 0.6) is 0 Å². The number of benzene rings is 1. The zero-order valence-electron chi connectivity index (χ0n) is 13.1. The van der Waals surface area contributed by atoms with Gasteiger partial charge in [-0.05, 0) is 37.4 Å². The molecule has 0 aliphatic carbocycles. The molecule has 0 bridgehead atoms. The summed E-state index contributed by atoms with van der Waals surface area (Å²) in [6.07, 6.45) is 0.553. The highest BCUT2D eigenvalue weighted by molar-refractivity contribution is 7.91. The van der Waals surface area contributed by atoms with Crippen LogP contribution in [0.4, 0.5) is 0 Å². The van der Waals surface area contributed by atoms with Gasteiger partial charge in [0.1, 0.15) is 10.0 Å². The van der Waals surface area contributed by atoms with Gasteiger partial charge in [0.05, 0.1) is 11.0 Å². The van der Waals surface area contributed by atoms with E-state index < -0.39 is 10.0 Å². The lowest BCUT2D eigenvalue weighted by molar-refractivity contribution is 0.569. The number of imidazole rings is 1. The number of nitrogens with one attached hydrogen (secondary N) is 1. The van der Waals surface area contributed by atoms with Crippen molar-refractivity contribution < 1.29 is 8.42 Å². The van der Waals surface area contributed by atoms with Crippen LogP contribution in [0, 0.1) is 0 Å². The molecule has 2 heterocycles. The van der Waals surface area contributed by atoms with Crippen molar-refractivity contribution in [1.82, 2.24) is 14.3 Å². The van der Waals surface area contributed by atoms with Gasteiger partial charge in [-0.3, -0.25) is 0 Å². The van der Waals surface area contributed by atoms with Gasteiger partial charge in [-0.1, -0.05) is 18.2 Å². The van der Waals surface area contributed by atoms with E-state index in [0.29, 0.717) is 17.2 Å². The van der Waals surface area contributed by atoms with Gasteiger partial charge < -0.3 is 4.57 Å². The van der Waals surface area contributed by atoms with Crippen molar-refractivity contribution in [3.8, 4) is 0 Å². The first-order valence-corrected chi connectivity index (χ1v) is 9.84. The molecule has 5 nitrogen and oxygen atoms in total. The topological polar surface area (TPSA) is 64.0 Å². The first-order valence-electron chi connectivity index (χ1n) is 7.48. The molecule has 3 aromatic rings. The molecule has 0 amide bonds. The maximum atomic E-state index is 12.1. The average molecular weight is 349 g/mol. The molecule has 0 saturated heterocycles. The standard InChI is InChI=1S/C16H19N3O2S2/c1-12(2)19-14-7-4-3-6-13(14)18-15(19)9-10-17-23(20,21)16-8-5-11-22-16/h3-8,11-12,17H,9-10H2,1-2H3. The first kappa shape index (κ1) is 16.2. The summed E-state index contributed by atoms with van der Waals surface area (Å²) in [5.74, 6) is 0.898. The van der Waals surface area contributed by atoms with E-state index in [2.05, 4.69) is 28.1 Å². The van der Waals surface area contributed by atoms with Gasteiger partial charge in [0.2, 0.25) is 10.0 Å². The van der Waals surface area contributed by atoms with Crippen molar-refractivity contribution in [3.63, 3.8) is 0 Å². The zero-order valence-corrected chi connectivity index (χ0v) is 14.7. The lowest BCUT2D eigenvalue weighted by Gasteiger charge is -2.13.